The highest BCUT2D eigenvalue weighted by Gasteiger charge is 2.25. The number of carbonyl (C=O) groups is 1. The average molecular weight is 157 g/mol. The molecule has 3 nitrogen and oxygen atoms in total. The Morgan fingerprint density at radius 2 is 2.18 bits per heavy atom. The molecule has 1 saturated heterocycles. The van der Waals surface area contributed by atoms with Crippen LogP contribution in [0, 0.1) is 0 Å². The first kappa shape index (κ1) is 8.53. The topological polar surface area (TPSA) is 29.1 Å². The van der Waals surface area contributed by atoms with E-state index >= 15 is 0 Å². The van der Waals surface area contributed by atoms with Crippen LogP contribution in [0.1, 0.15) is 12.8 Å². The average Bonchev–Trinajstić information content (AvgIpc) is 2.10. The van der Waals surface area contributed by atoms with Gasteiger partial charge in [0.15, 0.2) is 0 Å². The van der Waals surface area contributed by atoms with Gasteiger partial charge in [0.1, 0.15) is 0 Å². The van der Waals surface area contributed by atoms with Crippen molar-refractivity contribution in [1.29, 1.82) is 0 Å². The smallest absolute Gasteiger partial charge is 0.220 e. The summed E-state index contributed by atoms with van der Waals surface area (Å²) in [5.74, 6) is 0.212. The van der Waals surface area contributed by atoms with Gasteiger partial charge in [-0.25, -0.2) is 0 Å². The SMILES string of the molecule is C[N+](C)(C)C[C@@H]1CCC(=O)N1. The highest BCUT2D eigenvalue weighted by Crippen LogP contribution is 2.08. The van der Waals surface area contributed by atoms with Gasteiger partial charge < -0.3 is 9.80 Å². The summed E-state index contributed by atoms with van der Waals surface area (Å²) in [6.07, 6.45) is 1.72. The molecule has 0 aromatic carbocycles. The number of likely N-dealkylation sites (N-methyl/N-ethyl adjacent to an activating group) is 1. The van der Waals surface area contributed by atoms with Crippen molar-refractivity contribution < 1.29 is 9.28 Å². The Morgan fingerprint density at radius 1 is 1.55 bits per heavy atom. The molecule has 1 amide bonds. The Labute approximate surface area is 68.0 Å². The van der Waals surface area contributed by atoms with E-state index in [1.165, 1.54) is 0 Å². The highest BCUT2D eigenvalue weighted by molar-refractivity contribution is 5.78. The van der Waals surface area contributed by atoms with Crippen LogP contribution in [0.25, 0.3) is 0 Å². The molecule has 1 aliphatic heterocycles. The summed E-state index contributed by atoms with van der Waals surface area (Å²) in [7, 11) is 6.43. The third-order valence-corrected chi connectivity index (χ3v) is 1.85. The normalized spacial score (nSPS) is 25.4. The van der Waals surface area contributed by atoms with Gasteiger partial charge in [0.2, 0.25) is 5.91 Å². The van der Waals surface area contributed by atoms with Crippen molar-refractivity contribution in [3.63, 3.8) is 0 Å². The standard InChI is InChI=1S/C8H16N2O/c1-10(2,3)6-7-4-5-8(11)9-7/h7H,4-6H2,1-3H3/p+1/t7-/m0/s1. The van der Waals surface area contributed by atoms with E-state index in [-0.39, 0.29) is 5.91 Å². The van der Waals surface area contributed by atoms with E-state index in [4.69, 9.17) is 0 Å². The van der Waals surface area contributed by atoms with Gasteiger partial charge in [0.05, 0.1) is 33.7 Å². The van der Waals surface area contributed by atoms with Crippen LogP contribution >= 0.6 is 0 Å². The lowest BCUT2D eigenvalue weighted by Crippen LogP contribution is -2.45. The summed E-state index contributed by atoms with van der Waals surface area (Å²) in [5, 5.41) is 2.96. The quantitative estimate of drug-likeness (QED) is 0.560. The number of amides is 1. The van der Waals surface area contributed by atoms with Crippen LogP contribution in [0.15, 0.2) is 0 Å². The van der Waals surface area contributed by atoms with E-state index in [2.05, 4.69) is 26.5 Å². The fourth-order valence-electron chi connectivity index (χ4n) is 1.48. The number of hydrogen-bond donors (Lipinski definition) is 1. The molecule has 1 fully saturated rings. The van der Waals surface area contributed by atoms with Gasteiger partial charge in [-0.15, -0.1) is 0 Å². The van der Waals surface area contributed by atoms with E-state index in [1.807, 2.05) is 0 Å². The van der Waals surface area contributed by atoms with Crippen LogP contribution in [-0.2, 0) is 4.79 Å². The van der Waals surface area contributed by atoms with Gasteiger partial charge in [-0.2, -0.15) is 0 Å². The second-order valence-corrected chi connectivity index (χ2v) is 4.28. The molecule has 0 aromatic heterocycles. The number of carbonyl (C=O) groups excluding carboxylic acids is 1. The Bertz CT molecular complexity index is 160. The summed E-state index contributed by atoms with van der Waals surface area (Å²) in [5.41, 5.74) is 0. The van der Waals surface area contributed by atoms with E-state index in [1.54, 1.807) is 0 Å². The monoisotopic (exact) mass is 157 g/mol. The van der Waals surface area contributed by atoms with Gasteiger partial charge in [0.25, 0.3) is 0 Å². The van der Waals surface area contributed by atoms with Gasteiger partial charge in [-0.1, -0.05) is 0 Å². The fraction of sp³-hybridized carbons (Fsp3) is 0.875. The second-order valence-electron chi connectivity index (χ2n) is 4.28. The van der Waals surface area contributed by atoms with Crippen molar-refractivity contribution in [1.82, 2.24) is 5.32 Å². The zero-order valence-corrected chi connectivity index (χ0v) is 7.55. The summed E-state index contributed by atoms with van der Waals surface area (Å²) >= 11 is 0. The molecule has 0 saturated carbocycles. The molecular weight excluding hydrogens is 140 g/mol. The van der Waals surface area contributed by atoms with Crippen LogP contribution in [0.5, 0.6) is 0 Å². The molecule has 1 heterocycles. The van der Waals surface area contributed by atoms with Crippen LogP contribution in [0.2, 0.25) is 0 Å². The summed E-state index contributed by atoms with van der Waals surface area (Å²) in [6, 6.07) is 0.405. The molecule has 0 radical (unpaired) electrons. The molecule has 1 N–H and O–H groups in total. The Balaban J connectivity index is 2.34. The van der Waals surface area contributed by atoms with Crippen molar-refractivity contribution in [2.24, 2.45) is 0 Å². The Hall–Kier alpha value is -0.570. The Morgan fingerprint density at radius 3 is 2.55 bits per heavy atom. The van der Waals surface area contributed by atoms with E-state index < -0.39 is 0 Å². The minimum atomic E-state index is 0.212. The number of quaternary nitrogens is 1. The third kappa shape index (κ3) is 2.89. The fourth-order valence-corrected chi connectivity index (χ4v) is 1.48. The number of rotatable bonds is 2. The van der Waals surface area contributed by atoms with E-state index in [0.717, 1.165) is 17.4 Å². The van der Waals surface area contributed by atoms with Crippen LogP contribution in [0.4, 0.5) is 0 Å². The molecule has 1 atom stereocenters. The van der Waals surface area contributed by atoms with Crippen LogP contribution < -0.4 is 5.32 Å². The van der Waals surface area contributed by atoms with Crippen molar-refractivity contribution in [3.05, 3.63) is 0 Å². The van der Waals surface area contributed by atoms with Crippen LogP contribution in [0.3, 0.4) is 0 Å². The molecule has 0 spiro atoms. The molecule has 3 heteroatoms. The van der Waals surface area contributed by atoms with Gasteiger partial charge >= 0.3 is 0 Å². The summed E-state index contributed by atoms with van der Waals surface area (Å²) in [4.78, 5) is 10.8. The minimum absolute atomic E-state index is 0.212. The maximum atomic E-state index is 10.8. The van der Waals surface area contributed by atoms with Gasteiger partial charge in [-0.05, 0) is 6.42 Å². The molecule has 64 valence electrons. The maximum absolute atomic E-state index is 10.8. The van der Waals surface area contributed by atoms with Gasteiger partial charge in [0, 0.05) is 6.42 Å². The van der Waals surface area contributed by atoms with Crippen LogP contribution in [-0.4, -0.2) is 44.1 Å². The molecular formula is C8H17N2O+. The molecule has 1 aliphatic rings. The molecule has 0 aromatic rings. The van der Waals surface area contributed by atoms with Crippen molar-refractivity contribution in [2.45, 2.75) is 18.9 Å². The lowest BCUT2D eigenvalue weighted by atomic mass is 10.2. The number of nitrogens with zero attached hydrogens (tertiary/aromatic N) is 1. The largest absolute Gasteiger partial charge is 0.348 e. The first-order valence-corrected chi connectivity index (χ1v) is 4.07. The predicted molar refractivity (Wildman–Crippen MR) is 44.1 cm³/mol. The predicted octanol–water partition coefficient (Wildman–Crippen LogP) is -0.0288. The third-order valence-electron chi connectivity index (χ3n) is 1.85. The van der Waals surface area contributed by atoms with Crippen molar-refractivity contribution in [3.8, 4) is 0 Å². The molecule has 0 bridgehead atoms. The Kier molecular flexibility index (Phi) is 2.18. The molecule has 0 unspecified atom stereocenters. The number of nitrogens with one attached hydrogen (secondary N) is 1. The van der Waals surface area contributed by atoms with E-state index in [0.29, 0.717) is 12.5 Å². The molecule has 11 heavy (non-hydrogen) atoms. The second kappa shape index (κ2) is 2.81. The van der Waals surface area contributed by atoms with Gasteiger partial charge in [-0.3, -0.25) is 4.79 Å². The maximum Gasteiger partial charge on any atom is 0.220 e. The zero-order chi connectivity index (χ0) is 8.48. The molecule has 0 aliphatic carbocycles. The zero-order valence-electron chi connectivity index (χ0n) is 7.55. The van der Waals surface area contributed by atoms with Crippen molar-refractivity contribution in [2.75, 3.05) is 27.7 Å². The first-order valence-electron chi connectivity index (χ1n) is 4.07. The summed E-state index contributed by atoms with van der Waals surface area (Å²) in [6.45, 7) is 1.03. The lowest BCUT2D eigenvalue weighted by Gasteiger charge is -2.26. The first-order chi connectivity index (χ1) is 4.97. The van der Waals surface area contributed by atoms with Crippen molar-refractivity contribution >= 4 is 5.91 Å². The highest BCUT2D eigenvalue weighted by atomic mass is 16.1. The minimum Gasteiger partial charge on any atom is -0.348 e. The molecule has 1 rings (SSSR count). The number of hydrogen-bond acceptors (Lipinski definition) is 1. The lowest BCUT2D eigenvalue weighted by molar-refractivity contribution is -0.871. The van der Waals surface area contributed by atoms with E-state index in [9.17, 15) is 4.79 Å². The summed E-state index contributed by atoms with van der Waals surface area (Å²) < 4.78 is 0.922.